The third kappa shape index (κ3) is 7.33. The van der Waals surface area contributed by atoms with Crippen LogP contribution in [0.4, 0.5) is 0 Å². The number of hydrogen-bond donors (Lipinski definition) is 1. The summed E-state index contributed by atoms with van der Waals surface area (Å²) in [7, 11) is 0. The lowest BCUT2D eigenvalue weighted by atomic mass is 10.1. The Balaban J connectivity index is 2.24. The Bertz CT molecular complexity index is 956. The standard InChI is InChI=1S/C21H21NO6S2/c1-13(22-28-14(2)24)21(26)19-9-8-18(12-20(19)29-15(3)25)30-17-6-4-16(5-7-17)27-11-10-23/h4-9,12,23H,10-11H2,1-3H3. The van der Waals surface area contributed by atoms with Crippen LogP contribution in [-0.2, 0) is 14.4 Å². The fraction of sp³-hybridized carbons (Fsp3) is 0.238. The van der Waals surface area contributed by atoms with Gasteiger partial charge in [-0.25, -0.2) is 4.79 Å². The van der Waals surface area contributed by atoms with Gasteiger partial charge in [0.2, 0.25) is 5.78 Å². The lowest BCUT2D eigenvalue weighted by Crippen LogP contribution is -2.13. The van der Waals surface area contributed by atoms with E-state index in [9.17, 15) is 14.4 Å². The summed E-state index contributed by atoms with van der Waals surface area (Å²) in [5.41, 5.74) is 0.315. The molecule has 30 heavy (non-hydrogen) atoms. The van der Waals surface area contributed by atoms with Gasteiger partial charge in [-0.15, -0.1) is 0 Å². The minimum atomic E-state index is -0.625. The topological polar surface area (TPSA) is 102 Å². The average molecular weight is 448 g/mol. The highest BCUT2D eigenvalue weighted by Crippen LogP contribution is 2.34. The van der Waals surface area contributed by atoms with Crippen LogP contribution in [0.15, 0.2) is 62.3 Å². The number of rotatable bonds is 9. The summed E-state index contributed by atoms with van der Waals surface area (Å²) in [4.78, 5) is 42.1. The normalized spacial score (nSPS) is 11.1. The van der Waals surface area contributed by atoms with Crippen molar-refractivity contribution in [1.82, 2.24) is 0 Å². The predicted octanol–water partition coefficient (Wildman–Crippen LogP) is 3.97. The Hall–Kier alpha value is -2.62. The second kappa shape index (κ2) is 11.5. The zero-order valence-electron chi connectivity index (χ0n) is 16.7. The number of oxime groups is 1. The maximum absolute atomic E-state index is 12.7. The summed E-state index contributed by atoms with van der Waals surface area (Å²) < 4.78 is 5.34. The number of aliphatic hydroxyl groups excluding tert-OH is 1. The molecule has 0 unspecified atom stereocenters. The van der Waals surface area contributed by atoms with Gasteiger partial charge < -0.3 is 14.7 Å². The first-order valence-electron chi connectivity index (χ1n) is 8.91. The number of hydrogen-bond acceptors (Lipinski definition) is 9. The summed E-state index contributed by atoms with van der Waals surface area (Å²) in [5.74, 6) is -0.397. The van der Waals surface area contributed by atoms with Crippen molar-refractivity contribution in [2.45, 2.75) is 35.5 Å². The average Bonchev–Trinajstić information content (AvgIpc) is 2.70. The van der Waals surface area contributed by atoms with Crippen LogP contribution >= 0.6 is 23.5 Å². The zero-order chi connectivity index (χ0) is 22.1. The lowest BCUT2D eigenvalue weighted by molar-refractivity contribution is -0.140. The Morgan fingerprint density at radius 2 is 1.67 bits per heavy atom. The van der Waals surface area contributed by atoms with Crippen LogP contribution < -0.4 is 4.74 Å². The molecule has 0 fully saturated rings. The van der Waals surface area contributed by atoms with Crippen molar-refractivity contribution < 1.29 is 29.1 Å². The zero-order valence-corrected chi connectivity index (χ0v) is 18.3. The van der Waals surface area contributed by atoms with E-state index in [0.29, 0.717) is 16.2 Å². The molecular formula is C21H21NO6S2. The first kappa shape index (κ1) is 23.7. The molecule has 0 saturated heterocycles. The summed E-state index contributed by atoms with van der Waals surface area (Å²) in [6.45, 7) is 4.23. The van der Waals surface area contributed by atoms with Crippen LogP contribution in [0.5, 0.6) is 5.75 Å². The van der Waals surface area contributed by atoms with E-state index >= 15 is 0 Å². The third-order valence-corrected chi connectivity index (χ3v) is 5.35. The van der Waals surface area contributed by atoms with E-state index in [1.54, 1.807) is 30.3 Å². The molecule has 0 aliphatic heterocycles. The molecule has 7 nitrogen and oxygen atoms in total. The SMILES string of the molecule is CC(=O)ON=C(C)C(=O)c1ccc(Sc2ccc(OCCO)cc2)cc1SC(C)=O. The van der Waals surface area contributed by atoms with E-state index in [2.05, 4.69) is 9.99 Å². The molecule has 0 heterocycles. The summed E-state index contributed by atoms with van der Waals surface area (Å²) in [6, 6.07) is 12.5. The smallest absolute Gasteiger partial charge is 0.331 e. The second-order valence-electron chi connectivity index (χ2n) is 5.99. The van der Waals surface area contributed by atoms with Gasteiger partial charge in [0.15, 0.2) is 5.12 Å². The van der Waals surface area contributed by atoms with Crippen molar-refractivity contribution in [2.24, 2.45) is 5.16 Å². The fourth-order valence-electron chi connectivity index (χ4n) is 2.27. The van der Waals surface area contributed by atoms with Gasteiger partial charge in [0.05, 0.1) is 6.61 Å². The monoisotopic (exact) mass is 447 g/mol. The summed E-state index contributed by atoms with van der Waals surface area (Å²) >= 11 is 2.42. The Morgan fingerprint density at radius 3 is 2.27 bits per heavy atom. The molecule has 1 N–H and O–H groups in total. The summed E-state index contributed by atoms with van der Waals surface area (Å²) in [6.07, 6.45) is 0. The van der Waals surface area contributed by atoms with Crippen LogP contribution in [0.25, 0.3) is 0 Å². The number of aliphatic hydroxyl groups is 1. The maximum atomic E-state index is 12.7. The number of Topliss-reactive ketones (excluding diaryl/α,β-unsaturated/α-hetero) is 1. The molecule has 0 aliphatic rings. The highest BCUT2D eigenvalue weighted by atomic mass is 32.2. The van der Waals surface area contributed by atoms with Crippen molar-refractivity contribution in [3.63, 3.8) is 0 Å². The van der Waals surface area contributed by atoms with Crippen LogP contribution in [0.2, 0.25) is 0 Å². The van der Waals surface area contributed by atoms with Crippen LogP contribution in [0.3, 0.4) is 0 Å². The van der Waals surface area contributed by atoms with Crippen LogP contribution in [0.1, 0.15) is 31.1 Å². The van der Waals surface area contributed by atoms with E-state index in [1.807, 2.05) is 12.1 Å². The molecule has 0 aliphatic carbocycles. The third-order valence-electron chi connectivity index (χ3n) is 3.51. The van der Waals surface area contributed by atoms with E-state index in [0.717, 1.165) is 21.6 Å². The Kier molecular flexibility index (Phi) is 9.10. The van der Waals surface area contributed by atoms with Crippen molar-refractivity contribution >= 4 is 46.1 Å². The maximum Gasteiger partial charge on any atom is 0.331 e. The highest BCUT2D eigenvalue weighted by molar-refractivity contribution is 8.13. The van der Waals surface area contributed by atoms with Gasteiger partial charge in [-0.2, -0.15) is 0 Å². The van der Waals surface area contributed by atoms with Gasteiger partial charge >= 0.3 is 5.97 Å². The number of nitrogens with zero attached hydrogens (tertiary/aromatic N) is 1. The van der Waals surface area contributed by atoms with Crippen LogP contribution in [-0.4, -0.2) is 40.9 Å². The van der Waals surface area contributed by atoms with E-state index in [4.69, 9.17) is 9.84 Å². The first-order chi connectivity index (χ1) is 14.3. The largest absolute Gasteiger partial charge is 0.491 e. The number of thioether (sulfide) groups is 1. The van der Waals surface area contributed by atoms with E-state index in [-0.39, 0.29) is 24.0 Å². The minimum absolute atomic E-state index is 0.00877. The quantitative estimate of drug-likeness (QED) is 0.203. The molecule has 2 aromatic rings. The minimum Gasteiger partial charge on any atom is -0.491 e. The van der Waals surface area contributed by atoms with E-state index in [1.165, 1.54) is 32.5 Å². The van der Waals surface area contributed by atoms with Gasteiger partial charge in [-0.05, 0) is 49.4 Å². The summed E-state index contributed by atoms with van der Waals surface area (Å²) in [5, 5.41) is 12.2. The van der Waals surface area contributed by atoms with Crippen molar-refractivity contribution in [3.05, 3.63) is 48.0 Å². The van der Waals surface area contributed by atoms with Crippen molar-refractivity contribution in [2.75, 3.05) is 13.2 Å². The van der Waals surface area contributed by atoms with Gasteiger partial charge in [0.1, 0.15) is 18.1 Å². The number of benzene rings is 2. The van der Waals surface area contributed by atoms with E-state index < -0.39 is 11.8 Å². The lowest BCUT2D eigenvalue weighted by Gasteiger charge is -2.10. The Labute approximate surface area is 182 Å². The number of carbonyl (C=O) groups is 3. The molecular weight excluding hydrogens is 426 g/mol. The van der Waals surface area contributed by atoms with Gasteiger partial charge in [0.25, 0.3) is 0 Å². The molecule has 0 spiro atoms. The van der Waals surface area contributed by atoms with Gasteiger partial charge in [0, 0.05) is 34.1 Å². The molecule has 2 aromatic carbocycles. The molecule has 0 amide bonds. The molecule has 0 atom stereocenters. The van der Waals surface area contributed by atoms with Crippen LogP contribution in [0, 0.1) is 0 Å². The van der Waals surface area contributed by atoms with Gasteiger partial charge in [-0.1, -0.05) is 28.7 Å². The number of ether oxygens (including phenoxy) is 1. The Morgan fingerprint density at radius 1 is 1.00 bits per heavy atom. The fourth-order valence-corrected chi connectivity index (χ4v) is 3.96. The molecule has 0 bridgehead atoms. The second-order valence-corrected chi connectivity index (χ2v) is 8.35. The molecule has 9 heteroatoms. The van der Waals surface area contributed by atoms with Crippen molar-refractivity contribution in [3.8, 4) is 5.75 Å². The molecule has 158 valence electrons. The molecule has 2 rings (SSSR count). The molecule has 0 aromatic heterocycles. The molecule has 0 radical (unpaired) electrons. The number of carbonyl (C=O) groups excluding carboxylic acids is 3. The van der Waals surface area contributed by atoms with Gasteiger partial charge in [-0.3, -0.25) is 9.59 Å². The van der Waals surface area contributed by atoms with Crippen molar-refractivity contribution in [1.29, 1.82) is 0 Å². The predicted molar refractivity (Wildman–Crippen MR) is 115 cm³/mol. The highest BCUT2D eigenvalue weighted by Gasteiger charge is 2.18. The number of ketones is 1. The first-order valence-corrected chi connectivity index (χ1v) is 10.5. The molecule has 0 saturated carbocycles.